The molecule has 0 aromatic heterocycles. The van der Waals surface area contributed by atoms with Crippen LogP contribution in [-0.4, -0.2) is 47.4 Å². The summed E-state index contributed by atoms with van der Waals surface area (Å²) in [4.78, 5) is 24.4. The van der Waals surface area contributed by atoms with Crippen LogP contribution in [0.25, 0.3) is 0 Å². The molecule has 0 saturated heterocycles. The van der Waals surface area contributed by atoms with Gasteiger partial charge in [0, 0.05) is 12.8 Å². The number of ether oxygens (including phenoxy) is 1. The number of allylic oxidation sites excluding steroid dienone is 4. The van der Waals surface area contributed by atoms with Gasteiger partial charge >= 0.3 is 5.97 Å². The van der Waals surface area contributed by atoms with E-state index in [4.69, 9.17) is 4.74 Å². The van der Waals surface area contributed by atoms with E-state index in [0.717, 1.165) is 51.4 Å². The Balaban J connectivity index is 3.50. The number of aliphatic hydroxyl groups excluding tert-OH is 2. The van der Waals surface area contributed by atoms with Crippen LogP contribution in [0.2, 0.25) is 0 Å². The first-order valence-electron chi connectivity index (χ1n) is 26.1. The highest BCUT2D eigenvalue weighted by atomic mass is 16.5. The summed E-state index contributed by atoms with van der Waals surface area (Å²) < 4.78 is 5.46. The van der Waals surface area contributed by atoms with E-state index in [1.165, 1.54) is 186 Å². The largest absolute Gasteiger partial charge is 0.466 e. The molecule has 0 bridgehead atoms. The lowest BCUT2D eigenvalue weighted by molar-refractivity contribution is -0.143. The zero-order valence-electron chi connectivity index (χ0n) is 39.5. The summed E-state index contributed by atoms with van der Waals surface area (Å²) in [5, 5.41) is 23.0. The van der Waals surface area contributed by atoms with Gasteiger partial charge in [-0.3, -0.25) is 9.59 Å². The Morgan fingerprint density at radius 2 is 0.864 bits per heavy atom. The predicted molar refractivity (Wildman–Crippen MR) is 255 cm³/mol. The molecule has 0 radical (unpaired) electrons. The lowest BCUT2D eigenvalue weighted by Gasteiger charge is -2.22. The van der Waals surface area contributed by atoms with Crippen molar-refractivity contribution in [3.8, 4) is 0 Å². The molecule has 2 unspecified atom stereocenters. The van der Waals surface area contributed by atoms with E-state index in [1.54, 1.807) is 0 Å². The summed E-state index contributed by atoms with van der Waals surface area (Å²) in [5.74, 6) is -0.129. The number of nitrogens with one attached hydrogen (secondary N) is 1. The second-order valence-corrected chi connectivity index (χ2v) is 17.9. The topological polar surface area (TPSA) is 95.9 Å². The standard InChI is InChI=1S/C53H101NO5/c1-3-5-7-9-11-13-15-16-17-18-19-20-23-27-31-35-39-43-47-53(58)59-48-44-40-36-32-28-24-21-22-26-30-34-38-42-46-52(57)54-50(49-55)51(56)45-41-37-33-29-25-14-12-10-8-6-4-2/h22,26,34,38,50-51,55-56H,3-21,23-25,27-33,35-37,39-49H2,1-2H3,(H,54,57)/b26-22-,38-34-. The van der Waals surface area contributed by atoms with Gasteiger partial charge in [0.15, 0.2) is 0 Å². The van der Waals surface area contributed by atoms with Crippen LogP contribution in [0.5, 0.6) is 0 Å². The molecule has 0 aliphatic carbocycles. The van der Waals surface area contributed by atoms with Gasteiger partial charge < -0.3 is 20.3 Å². The van der Waals surface area contributed by atoms with Gasteiger partial charge in [-0.05, 0) is 44.9 Å². The third-order valence-electron chi connectivity index (χ3n) is 12.0. The van der Waals surface area contributed by atoms with Crippen molar-refractivity contribution in [2.75, 3.05) is 13.2 Å². The van der Waals surface area contributed by atoms with Crippen molar-refractivity contribution in [2.45, 2.75) is 289 Å². The Kier molecular flexibility index (Phi) is 47.6. The molecule has 59 heavy (non-hydrogen) atoms. The molecule has 0 rings (SSSR count). The van der Waals surface area contributed by atoms with Gasteiger partial charge in [0.05, 0.1) is 25.4 Å². The Labute approximate surface area is 367 Å². The average Bonchev–Trinajstić information content (AvgIpc) is 3.24. The van der Waals surface area contributed by atoms with Gasteiger partial charge in [0.2, 0.25) is 5.91 Å². The Hall–Kier alpha value is -1.66. The smallest absolute Gasteiger partial charge is 0.305 e. The Morgan fingerprint density at radius 1 is 0.475 bits per heavy atom. The molecule has 6 heteroatoms. The minimum Gasteiger partial charge on any atom is -0.466 e. The zero-order valence-corrected chi connectivity index (χ0v) is 39.5. The first-order chi connectivity index (χ1) is 29.0. The summed E-state index contributed by atoms with van der Waals surface area (Å²) in [6.07, 6.45) is 57.4. The monoisotopic (exact) mass is 832 g/mol. The molecule has 0 fully saturated rings. The lowest BCUT2D eigenvalue weighted by atomic mass is 10.0. The van der Waals surface area contributed by atoms with Crippen LogP contribution >= 0.6 is 0 Å². The van der Waals surface area contributed by atoms with Crippen LogP contribution in [0.1, 0.15) is 277 Å². The molecular weight excluding hydrogens is 731 g/mol. The van der Waals surface area contributed by atoms with Crippen molar-refractivity contribution < 1.29 is 24.5 Å². The molecule has 0 aromatic carbocycles. The normalized spacial score (nSPS) is 12.8. The number of esters is 1. The average molecular weight is 832 g/mol. The second-order valence-electron chi connectivity index (χ2n) is 17.9. The van der Waals surface area contributed by atoms with Crippen LogP contribution < -0.4 is 5.32 Å². The maximum Gasteiger partial charge on any atom is 0.305 e. The first kappa shape index (κ1) is 57.3. The maximum absolute atomic E-state index is 12.4. The number of hydrogen-bond donors (Lipinski definition) is 3. The van der Waals surface area contributed by atoms with E-state index < -0.39 is 12.1 Å². The molecule has 0 heterocycles. The van der Waals surface area contributed by atoms with Crippen molar-refractivity contribution in [3.63, 3.8) is 0 Å². The molecule has 0 aliphatic heterocycles. The molecule has 0 aromatic rings. The molecule has 6 nitrogen and oxygen atoms in total. The summed E-state index contributed by atoms with van der Waals surface area (Å²) in [5.41, 5.74) is 0. The van der Waals surface area contributed by atoms with Gasteiger partial charge in [-0.1, -0.05) is 244 Å². The zero-order chi connectivity index (χ0) is 43.0. The Bertz CT molecular complexity index is 920. The van der Waals surface area contributed by atoms with Crippen molar-refractivity contribution in [1.29, 1.82) is 0 Å². The SMILES string of the molecule is CCCCCCCCCCCCCCCCCCCCC(=O)OCCCCCCCC/C=C\C/C=C\CCC(=O)NC(CO)C(O)CCCCCCCCCCCCC. The van der Waals surface area contributed by atoms with Crippen LogP contribution in [0.4, 0.5) is 0 Å². The number of carbonyl (C=O) groups excluding carboxylic acids is 2. The molecular formula is C53H101NO5. The lowest BCUT2D eigenvalue weighted by Crippen LogP contribution is -2.45. The third-order valence-corrected chi connectivity index (χ3v) is 12.0. The predicted octanol–water partition coefficient (Wildman–Crippen LogP) is 15.5. The number of unbranched alkanes of at least 4 members (excludes halogenated alkanes) is 33. The van der Waals surface area contributed by atoms with Crippen LogP contribution in [-0.2, 0) is 14.3 Å². The number of aliphatic hydroxyl groups is 2. The highest BCUT2D eigenvalue weighted by molar-refractivity contribution is 5.76. The summed E-state index contributed by atoms with van der Waals surface area (Å²) in [6, 6.07) is -0.583. The minimum absolute atomic E-state index is 0.0130. The highest BCUT2D eigenvalue weighted by Gasteiger charge is 2.19. The van der Waals surface area contributed by atoms with E-state index in [2.05, 4.69) is 37.4 Å². The number of carbonyl (C=O) groups is 2. The number of amides is 1. The number of hydrogen-bond acceptors (Lipinski definition) is 5. The summed E-state index contributed by atoms with van der Waals surface area (Å²) in [7, 11) is 0. The molecule has 0 saturated carbocycles. The van der Waals surface area contributed by atoms with Gasteiger partial charge in [-0.25, -0.2) is 0 Å². The highest BCUT2D eigenvalue weighted by Crippen LogP contribution is 2.16. The van der Waals surface area contributed by atoms with Crippen molar-refractivity contribution in [1.82, 2.24) is 5.32 Å². The fourth-order valence-electron chi connectivity index (χ4n) is 7.98. The van der Waals surface area contributed by atoms with Crippen molar-refractivity contribution >= 4 is 11.9 Å². The van der Waals surface area contributed by atoms with E-state index in [9.17, 15) is 19.8 Å². The molecule has 348 valence electrons. The van der Waals surface area contributed by atoms with Crippen LogP contribution in [0.15, 0.2) is 24.3 Å². The van der Waals surface area contributed by atoms with Gasteiger partial charge in [0.25, 0.3) is 0 Å². The molecule has 2 atom stereocenters. The maximum atomic E-state index is 12.4. The van der Waals surface area contributed by atoms with E-state index >= 15 is 0 Å². The minimum atomic E-state index is -0.697. The fourth-order valence-corrected chi connectivity index (χ4v) is 7.98. The molecule has 1 amide bonds. The van der Waals surface area contributed by atoms with E-state index in [0.29, 0.717) is 32.3 Å². The fraction of sp³-hybridized carbons (Fsp3) is 0.887. The van der Waals surface area contributed by atoms with E-state index in [1.807, 2.05) is 6.08 Å². The molecule has 3 N–H and O–H groups in total. The summed E-state index contributed by atoms with van der Waals surface area (Å²) in [6.45, 7) is 4.88. The van der Waals surface area contributed by atoms with Crippen molar-refractivity contribution in [3.05, 3.63) is 24.3 Å². The number of rotatable bonds is 48. The van der Waals surface area contributed by atoms with Crippen LogP contribution in [0.3, 0.4) is 0 Å². The molecule has 0 aliphatic rings. The van der Waals surface area contributed by atoms with Gasteiger partial charge in [0.1, 0.15) is 0 Å². The van der Waals surface area contributed by atoms with Crippen molar-refractivity contribution in [2.24, 2.45) is 0 Å². The quantitative estimate of drug-likeness (QED) is 0.0322. The Morgan fingerprint density at radius 3 is 1.32 bits per heavy atom. The van der Waals surface area contributed by atoms with Crippen LogP contribution in [0, 0.1) is 0 Å². The van der Waals surface area contributed by atoms with E-state index in [-0.39, 0.29) is 18.5 Å². The molecule has 0 spiro atoms. The third kappa shape index (κ3) is 45.7. The van der Waals surface area contributed by atoms with Gasteiger partial charge in [-0.2, -0.15) is 0 Å². The first-order valence-corrected chi connectivity index (χ1v) is 26.1. The van der Waals surface area contributed by atoms with Gasteiger partial charge in [-0.15, -0.1) is 0 Å². The summed E-state index contributed by atoms with van der Waals surface area (Å²) >= 11 is 0. The second kappa shape index (κ2) is 49.0.